The van der Waals surface area contributed by atoms with Crippen LogP contribution in [0.3, 0.4) is 0 Å². The number of amides is 1. The van der Waals surface area contributed by atoms with E-state index in [0.29, 0.717) is 0 Å². The van der Waals surface area contributed by atoms with Crippen LogP contribution < -0.4 is 10.0 Å². The highest BCUT2D eigenvalue weighted by molar-refractivity contribution is 7.89. The molecular weight excluding hydrogens is 368 g/mol. The van der Waals surface area contributed by atoms with E-state index in [1.807, 2.05) is 0 Å². The maximum absolute atomic E-state index is 12.3. The maximum Gasteiger partial charge on any atom is 0.338 e. The Kier molecular flexibility index (Phi) is 7.39. The van der Waals surface area contributed by atoms with Crippen molar-refractivity contribution < 1.29 is 22.7 Å². The average Bonchev–Trinajstić information content (AvgIpc) is 2.67. The molecule has 0 aliphatic heterocycles. The molecular formula is C19H24N2O5S. The standard InChI is InChI=1S/C19H24N2O5S/c1-3-12-20-27(24,25)17-11-7-8-15(13-17)19(23)26-14(2)18(22)21-16-9-5-4-6-10-16/h1,7-8,11,13-14,16,20H,4-6,9-10,12H2,2H3,(H,21,22)/t14-/m0/s1. The Morgan fingerprint density at radius 1 is 1.30 bits per heavy atom. The van der Waals surface area contributed by atoms with Crippen molar-refractivity contribution in [2.24, 2.45) is 0 Å². The van der Waals surface area contributed by atoms with Gasteiger partial charge in [-0.15, -0.1) is 6.42 Å². The van der Waals surface area contributed by atoms with Crippen molar-refractivity contribution in [1.82, 2.24) is 10.0 Å². The summed E-state index contributed by atoms with van der Waals surface area (Å²) in [5.74, 6) is 1.06. The SMILES string of the molecule is C#CCNS(=O)(=O)c1cccc(C(=O)O[C@@H](C)C(=O)NC2CCCCC2)c1. The zero-order valence-electron chi connectivity index (χ0n) is 15.2. The first-order chi connectivity index (χ1) is 12.8. The third-order valence-electron chi connectivity index (χ3n) is 4.35. The van der Waals surface area contributed by atoms with Gasteiger partial charge in [0.15, 0.2) is 6.10 Å². The third kappa shape index (κ3) is 6.08. The molecule has 0 heterocycles. The number of carbonyl (C=O) groups excluding carboxylic acids is 2. The van der Waals surface area contributed by atoms with Gasteiger partial charge < -0.3 is 10.1 Å². The van der Waals surface area contributed by atoms with E-state index in [1.165, 1.54) is 37.6 Å². The number of esters is 1. The van der Waals surface area contributed by atoms with E-state index in [-0.39, 0.29) is 29.0 Å². The van der Waals surface area contributed by atoms with E-state index in [4.69, 9.17) is 11.2 Å². The molecule has 0 unspecified atom stereocenters. The van der Waals surface area contributed by atoms with E-state index in [9.17, 15) is 18.0 Å². The second-order valence-electron chi connectivity index (χ2n) is 6.45. The normalized spacial score (nSPS) is 16.1. The van der Waals surface area contributed by atoms with Crippen LogP contribution in [-0.4, -0.2) is 39.0 Å². The first kappa shape index (κ1) is 20.9. The summed E-state index contributed by atoms with van der Waals surface area (Å²) >= 11 is 0. The molecule has 8 heteroatoms. The van der Waals surface area contributed by atoms with Gasteiger partial charge in [0.05, 0.1) is 17.0 Å². The average molecular weight is 392 g/mol. The van der Waals surface area contributed by atoms with E-state index < -0.39 is 22.1 Å². The topological polar surface area (TPSA) is 102 Å². The molecule has 1 aliphatic carbocycles. The number of carbonyl (C=O) groups is 2. The predicted octanol–water partition coefficient (Wildman–Crippen LogP) is 1.59. The molecule has 0 aromatic heterocycles. The summed E-state index contributed by atoms with van der Waals surface area (Å²) in [6.07, 6.45) is 9.26. The molecule has 0 spiro atoms. The Labute approximate surface area is 159 Å². The molecule has 7 nitrogen and oxygen atoms in total. The Morgan fingerprint density at radius 2 is 2.00 bits per heavy atom. The number of terminal acetylenes is 1. The van der Waals surface area contributed by atoms with Gasteiger partial charge in [-0.25, -0.2) is 13.2 Å². The van der Waals surface area contributed by atoms with Crippen LogP contribution >= 0.6 is 0 Å². The lowest BCUT2D eigenvalue weighted by Crippen LogP contribution is -2.42. The Hall–Kier alpha value is -2.37. The molecule has 1 aromatic carbocycles. The fourth-order valence-electron chi connectivity index (χ4n) is 2.86. The summed E-state index contributed by atoms with van der Waals surface area (Å²) in [7, 11) is -3.82. The molecule has 2 N–H and O–H groups in total. The lowest BCUT2D eigenvalue weighted by molar-refractivity contribution is -0.130. The van der Waals surface area contributed by atoms with Crippen molar-refractivity contribution in [3.63, 3.8) is 0 Å². The van der Waals surface area contributed by atoms with Crippen molar-refractivity contribution >= 4 is 21.9 Å². The molecule has 1 saturated carbocycles. The summed E-state index contributed by atoms with van der Waals surface area (Å²) in [5.41, 5.74) is 0.0379. The van der Waals surface area contributed by atoms with Gasteiger partial charge in [-0.05, 0) is 38.0 Å². The van der Waals surface area contributed by atoms with Crippen LogP contribution in [-0.2, 0) is 19.6 Å². The van der Waals surface area contributed by atoms with Gasteiger partial charge in [-0.2, -0.15) is 4.72 Å². The molecule has 1 atom stereocenters. The first-order valence-corrected chi connectivity index (χ1v) is 10.4. The molecule has 0 saturated heterocycles. The van der Waals surface area contributed by atoms with Crippen LogP contribution in [0.15, 0.2) is 29.2 Å². The summed E-state index contributed by atoms with van der Waals surface area (Å²) in [6.45, 7) is 1.33. The summed E-state index contributed by atoms with van der Waals surface area (Å²) in [4.78, 5) is 24.4. The lowest BCUT2D eigenvalue weighted by Gasteiger charge is -2.24. The molecule has 1 aromatic rings. The number of rotatable bonds is 7. The minimum Gasteiger partial charge on any atom is -0.449 e. The summed E-state index contributed by atoms with van der Waals surface area (Å²) in [5, 5.41) is 2.89. The number of nitrogens with one attached hydrogen (secondary N) is 2. The highest BCUT2D eigenvalue weighted by Crippen LogP contribution is 2.18. The fraction of sp³-hybridized carbons (Fsp3) is 0.474. The molecule has 1 amide bonds. The molecule has 1 fully saturated rings. The highest BCUT2D eigenvalue weighted by atomic mass is 32.2. The van der Waals surface area contributed by atoms with Gasteiger partial charge in [0.2, 0.25) is 10.0 Å². The number of ether oxygens (including phenoxy) is 1. The van der Waals surface area contributed by atoms with Crippen LogP contribution in [0.1, 0.15) is 49.4 Å². The molecule has 0 radical (unpaired) electrons. The maximum atomic E-state index is 12.3. The van der Waals surface area contributed by atoms with Gasteiger partial charge in [0.1, 0.15) is 0 Å². The molecule has 27 heavy (non-hydrogen) atoms. The van der Waals surface area contributed by atoms with E-state index in [0.717, 1.165) is 25.7 Å². The zero-order chi connectivity index (χ0) is 19.9. The van der Waals surface area contributed by atoms with Gasteiger partial charge in [0, 0.05) is 6.04 Å². The molecule has 2 rings (SSSR count). The minimum absolute atomic E-state index is 0.0379. The zero-order valence-corrected chi connectivity index (χ0v) is 16.1. The minimum atomic E-state index is -3.82. The van der Waals surface area contributed by atoms with Crippen molar-refractivity contribution in [3.05, 3.63) is 29.8 Å². The molecule has 0 bridgehead atoms. The largest absolute Gasteiger partial charge is 0.449 e. The third-order valence-corrected chi connectivity index (χ3v) is 5.75. The summed E-state index contributed by atoms with van der Waals surface area (Å²) in [6, 6.07) is 5.49. The van der Waals surface area contributed by atoms with Crippen LogP contribution in [0.5, 0.6) is 0 Å². The van der Waals surface area contributed by atoms with Crippen LogP contribution in [0, 0.1) is 12.3 Å². The van der Waals surface area contributed by atoms with Gasteiger partial charge >= 0.3 is 5.97 Å². The highest BCUT2D eigenvalue weighted by Gasteiger charge is 2.23. The van der Waals surface area contributed by atoms with Crippen LogP contribution in [0.25, 0.3) is 0 Å². The smallest absolute Gasteiger partial charge is 0.338 e. The van der Waals surface area contributed by atoms with E-state index in [2.05, 4.69) is 16.0 Å². The van der Waals surface area contributed by atoms with Gasteiger partial charge in [-0.3, -0.25) is 4.79 Å². The van der Waals surface area contributed by atoms with Crippen molar-refractivity contribution in [2.45, 2.75) is 56.1 Å². The Balaban J connectivity index is 1.99. The van der Waals surface area contributed by atoms with Crippen molar-refractivity contribution in [1.29, 1.82) is 0 Å². The molecule has 146 valence electrons. The quantitative estimate of drug-likeness (QED) is 0.542. The van der Waals surface area contributed by atoms with E-state index >= 15 is 0 Å². The number of sulfonamides is 1. The molecule has 1 aliphatic rings. The van der Waals surface area contributed by atoms with Crippen LogP contribution in [0.2, 0.25) is 0 Å². The van der Waals surface area contributed by atoms with E-state index in [1.54, 1.807) is 0 Å². The predicted molar refractivity (Wildman–Crippen MR) is 100 cm³/mol. The monoisotopic (exact) mass is 392 g/mol. The Morgan fingerprint density at radius 3 is 2.67 bits per heavy atom. The van der Waals surface area contributed by atoms with Gasteiger partial charge in [-0.1, -0.05) is 31.2 Å². The number of benzene rings is 1. The second-order valence-corrected chi connectivity index (χ2v) is 8.21. The summed E-state index contributed by atoms with van der Waals surface area (Å²) < 4.78 is 31.6. The fourth-order valence-corrected chi connectivity index (χ4v) is 3.84. The van der Waals surface area contributed by atoms with Gasteiger partial charge in [0.25, 0.3) is 5.91 Å². The number of hydrogen-bond acceptors (Lipinski definition) is 5. The number of hydrogen-bond donors (Lipinski definition) is 2. The Bertz CT molecular complexity index is 823. The second kappa shape index (κ2) is 9.53. The van der Waals surface area contributed by atoms with Crippen molar-refractivity contribution in [3.8, 4) is 12.3 Å². The van der Waals surface area contributed by atoms with Crippen LogP contribution in [0.4, 0.5) is 0 Å². The first-order valence-electron chi connectivity index (χ1n) is 8.88. The van der Waals surface area contributed by atoms with Crippen molar-refractivity contribution in [2.75, 3.05) is 6.54 Å². The lowest BCUT2D eigenvalue weighted by atomic mass is 9.95.